The zero-order valence-electron chi connectivity index (χ0n) is 19.4. The summed E-state index contributed by atoms with van der Waals surface area (Å²) >= 11 is 0. The van der Waals surface area contributed by atoms with Gasteiger partial charge in [-0.3, -0.25) is 9.59 Å². The van der Waals surface area contributed by atoms with Gasteiger partial charge >= 0.3 is 11.9 Å². The summed E-state index contributed by atoms with van der Waals surface area (Å²) in [7, 11) is 0. The highest BCUT2D eigenvalue weighted by atomic mass is 16.5. The number of fused-ring (bicyclic) bond motifs is 8. The van der Waals surface area contributed by atoms with E-state index in [1.54, 1.807) is 0 Å². The average Bonchev–Trinajstić information content (AvgIpc) is 2.81. The smallest absolute Gasteiger partial charge is 0.313 e. The standard InChI is InChI=1S/C30H30O4/c31-27-29-23-19-13-7-5-11-17(19)22-24-20-14-8-6-12-18(20)21(23)25(29)30(24,26(22)29)28(32)34-16-10-4-2-1-3-9-15-33-27/h5-8,11-14,21-26H,1-4,9-10,15-16H2. The lowest BCUT2D eigenvalue weighted by Crippen LogP contribution is -2.91. The molecule has 2 bridgehead atoms. The van der Waals surface area contributed by atoms with E-state index in [0.29, 0.717) is 13.2 Å². The largest absolute Gasteiger partial charge is 0.465 e. The average molecular weight is 455 g/mol. The van der Waals surface area contributed by atoms with Crippen LogP contribution in [0.25, 0.3) is 0 Å². The fourth-order valence-electron chi connectivity index (χ4n) is 9.85. The molecule has 1 saturated heterocycles. The highest BCUT2D eigenvalue weighted by Crippen LogP contribution is 2.98. The van der Waals surface area contributed by atoms with E-state index in [-0.39, 0.29) is 47.4 Å². The van der Waals surface area contributed by atoms with Crippen molar-refractivity contribution in [3.8, 4) is 0 Å². The minimum absolute atomic E-state index is 0.00429. The van der Waals surface area contributed by atoms with Gasteiger partial charge < -0.3 is 9.47 Å². The van der Waals surface area contributed by atoms with Crippen molar-refractivity contribution < 1.29 is 19.1 Å². The van der Waals surface area contributed by atoms with Gasteiger partial charge in [0, 0.05) is 23.7 Å². The molecule has 8 rings (SSSR count). The van der Waals surface area contributed by atoms with E-state index in [1.165, 1.54) is 22.3 Å². The van der Waals surface area contributed by atoms with Gasteiger partial charge in [0.25, 0.3) is 0 Å². The third-order valence-electron chi connectivity index (χ3n) is 10.6. The van der Waals surface area contributed by atoms with Gasteiger partial charge in [0.2, 0.25) is 0 Å². The van der Waals surface area contributed by atoms with Gasteiger partial charge in [0.1, 0.15) is 0 Å². The van der Waals surface area contributed by atoms with Crippen molar-refractivity contribution in [1.82, 2.24) is 0 Å². The maximum Gasteiger partial charge on any atom is 0.313 e. The molecule has 2 aromatic carbocycles. The SMILES string of the molecule is O=C1OCCCCCCCCOC(=O)C23C4c5ccccc5C5C6c7ccccc7C4C2C16C53. The van der Waals surface area contributed by atoms with Crippen molar-refractivity contribution in [2.75, 3.05) is 13.2 Å². The molecule has 174 valence electrons. The summed E-state index contributed by atoms with van der Waals surface area (Å²) in [5.41, 5.74) is 4.22. The molecule has 4 nitrogen and oxygen atoms in total. The Hall–Kier alpha value is -2.62. The van der Waals surface area contributed by atoms with Gasteiger partial charge in [-0.15, -0.1) is 0 Å². The molecule has 5 aliphatic carbocycles. The first-order valence-electron chi connectivity index (χ1n) is 13.3. The Morgan fingerprint density at radius 2 is 0.941 bits per heavy atom. The molecule has 2 aromatic rings. The number of hydrogen-bond acceptors (Lipinski definition) is 4. The van der Waals surface area contributed by atoms with Crippen LogP contribution in [-0.4, -0.2) is 25.2 Å². The predicted octanol–water partition coefficient (Wildman–Crippen LogP) is 5.44. The first-order valence-corrected chi connectivity index (χ1v) is 13.3. The van der Waals surface area contributed by atoms with E-state index >= 15 is 0 Å². The summed E-state index contributed by atoms with van der Waals surface area (Å²) < 4.78 is 12.1. The quantitative estimate of drug-likeness (QED) is 0.498. The number of rotatable bonds is 0. The molecule has 1 aliphatic heterocycles. The Labute approximate surface area is 200 Å². The second kappa shape index (κ2) is 6.53. The van der Waals surface area contributed by atoms with Crippen molar-refractivity contribution in [3.63, 3.8) is 0 Å². The Bertz CT molecular complexity index is 1130. The third-order valence-corrected chi connectivity index (χ3v) is 10.6. The number of esters is 2. The molecular formula is C30H30O4. The molecule has 0 N–H and O–H groups in total. The van der Waals surface area contributed by atoms with Crippen LogP contribution in [-0.2, 0) is 19.1 Å². The van der Waals surface area contributed by atoms with E-state index in [0.717, 1.165) is 38.5 Å². The minimum atomic E-state index is -0.563. The molecule has 2 spiro atoms. The summed E-state index contributed by atoms with van der Waals surface area (Å²) in [5, 5.41) is 0. The second-order valence-corrected chi connectivity index (χ2v) is 11.5. The molecule has 4 atom stereocenters. The number of hydrogen-bond donors (Lipinski definition) is 0. The van der Waals surface area contributed by atoms with E-state index in [2.05, 4.69) is 48.5 Å². The van der Waals surface area contributed by atoms with Crippen LogP contribution >= 0.6 is 0 Å². The van der Waals surface area contributed by atoms with Gasteiger partial charge in [0.15, 0.2) is 0 Å². The number of ether oxygens (including phenoxy) is 2. The number of carbonyl (C=O) groups excluding carboxylic acids is 2. The number of benzene rings is 2. The molecule has 34 heavy (non-hydrogen) atoms. The Balaban J connectivity index is 1.34. The maximum atomic E-state index is 14.0. The lowest BCUT2D eigenvalue weighted by molar-refractivity contribution is -0.361. The molecule has 6 aliphatic rings. The molecule has 0 aromatic heterocycles. The maximum absolute atomic E-state index is 14.0. The summed E-state index contributed by atoms with van der Waals surface area (Å²) in [6.45, 7) is 1.00. The highest BCUT2D eigenvalue weighted by Gasteiger charge is 2.99. The summed E-state index contributed by atoms with van der Waals surface area (Å²) in [6, 6.07) is 17.4. The zero-order chi connectivity index (χ0) is 22.7. The second-order valence-electron chi connectivity index (χ2n) is 11.5. The predicted molar refractivity (Wildman–Crippen MR) is 125 cm³/mol. The molecular weight excluding hydrogens is 424 g/mol. The molecule has 0 radical (unpaired) electrons. The van der Waals surface area contributed by atoms with E-state index < -0.39 is 10.8 Å². The Kier molecular flexibility index (Phi) is 3.78. The van der Waals surface area contributed by atoms with E-state index in [9.17, 15) is 9.59 Å². The van der Waals surface area contributed by atoms with Gasteiger partial charge in [-0.25, -0.2) is 0 Å². The number of cyclic esters (lactones) is 2. The normalized spacial score (nSPS) is 43.2. The van der Waals surface area contributed by atoms with Crippen LogP contribution in [0, 0.1) is 22.7 Å². The van der Waals surface area contributed by atoms with Crippen molar-refractivity contribution in [1.29, 1.82) is 0 Å². The van der Waals surface area contributed by atoms with Crippen LogP contribution in [0.5, 0.6) is 0 Å². The molecule has 4 heteroatoms. The first kappa shape index (κ1) is 19.7. The molecule has 3 saturated carbocycles. The van der Waals surface area contributed by atoms with Crippen molar-refractivity contribution >= 4 is 11.9 Å². The van der Waals surface area contributed by atoms with Gasteiger partial charge in [-0.1, -0.05) is 74.2 Å². The lowest BCUT2D eigenvalue weighted by Gasteiger charge is -2.90. The minimum Gasteiger partial charge on any atom is -0.465 e. The summed E-state index contributed by atoms with van der Waals surface area (Å²) in [4.78, 5) is 28.0. The summed E-state index contributed by atoms with van der Waals surface area (Å²) in [6.07, 6.45) is 6.31. The van der Waals surface area contributed by atoms with Crippen LogP contribution in [0.1, 0.15) is 84.5 Å². The highest BCUT2D eigenvalue weighted by molar-refractivity contribution is 5.97. The summed E-state index contributed by atoms with van der Waals surface area (Å²) in [5.74, 6) is 0.486. The van der Waals surface area contributed by atoms with Crippen LogP contribution in [0.2, 0.25) is 0 Å². The zero-order valence-corrected chi connectivity index (χ0v) is 19.4. The fourth-order valence-corrected chi connectivity index (χ4v) is 9.85. The Morgan fingerprint density at radius 3 is 1.38 bits per heavy atom. The Morgan fingerprint density at radius 1 is 0.559 bits per heavy atom. The van der Waals surface area contributed by atoms with Crippen LogP contribution in [0.4, 0.5) is 0 Å². The first-order chi connectivity index (χ1) is 16.7. The van der Waals surface area contributed by atoms with Crippen molar-refractivity contribution in [3.05, 3.63) is 70.8 Å². The molecule has 4 fully saturated rings. The lowest BCUT2D eigenvalue weighted by atomic mass is 9.09. The van der Waals surface area contributed by atoms with Crippen LogP contribution < -0.4 is 0 Å². The van der Waals surface area contributed by atoms with Gasteiger partial charge in [-0.2, -0.15) is 0 Å². The fraction of sp³-hybridized carbons (Fsp3) is 0.533. The van der Waals surface area contributed by atoms with Crippen LogP contribution in [0.15, 0.2) is 48.5 Å². The van der Waals surface area contributed by atoms with E-state index in [4.69, 9.17) is 9.47 Å². The van der Waals surface area contributed by atoms with Crippen LogP contribution in [0.3, 0.4) is 0 Å². The molecule has 0 amide bonds. The molecule has 1 heterocycles. The van der Waals surface area contributed by atoms with Crippen molar-refractivity contribution in [2.24, 2.45) is 22.7 Å². The van der Waals surface area contributed by atoms with Gasteiger partial charge in [0.05, 0.1) is 24.0 Å². The monoisotopic (exact) mass is 454 g/mol. The topological polar surface area (TPSA) is 52.6 Å². The van der Waals surface area contributed by atoms with E-state index in [1.807, 2.05) is 0 Å². The van der Waals surface area contributed by atoms with Crippen molar-refractivity contribution in [2.45, 2.75) is 62.2 Å². The molecule has 4 unspecified atom stereocenters. The number of carbonyl (C=O) groups is 2. The van der Waals surface area contributed by atoms with Gasteiger partial charge in [-0.05, 0) is 46.9 Å². The third kappa shape index (κ3) is 1.87.